The minimum absolute atomic E-state index is 0.153. The van der Waals surface area contributed by atoms with E-state index in [0.717, 1.165) is 0 Å². The number of hydrogen-bond donors (Lipinski definition) is 2. The second kappa shape index (κ2) is 4.37. The summed E-state index contributed by atoms with van der Waals surface area (Å²) in [5, 5.41) is 11.5. The Morgan fingerprint density at radius 1 is 1.59 bits per heavy atom. The molecule has 94 valence electrons. The maximum absolute atomic E-state index is 11.1. The van der Waals surface area contributed by atoms with Gasteiger partial charge in [-0.2, -0.15) is 0 Å². The molecule has 3 rings (SSSR count). The third kappa shape index (κ3) is 2.12. The van der Waals surface area contributed by atoms with Crippen LogP contribution in [0.1, 0.15) is 12.8 Å². The summed E-state index contributed by atoms with van der Waals surface area (Å²) in [5.74, 6) is -0.684. The van der Waals surface area contributed by atoms with Crippen molar-refractivity contribution in [2.75, 3.05) is 13.2 Å². The molecule has 2 N–H and O–H groups in total. The minimum Gasteiger partial charge on any atom is -0.479 e. The number of aliphatic carboxylic acids is 1. The molecule has 1 aliphatic carbocycles. The molecule has 3 aliphatic rings. The Morgan fingerprint density at radius 3 is 2.82 bits per heavy atom. The summed E-state index contributed by atoms with van der Waals surface area (Å²) in [6.45, 7) is 3.86. The first-order valence-corrected chi connectivity index (χ1v) is 5.50. The highest BCUT2D eigenvalue weighted by atomic mass is 16.6. The molecule has 0 spiro atoms. The van der Waals surface area contributed by atoms with Crippen molar-refractivity contribution >= 4 is 12.1 Å². The number of nitrogens with one attached hydrogen (secondary N) is 1. The maximum atomic E-state index is 11.1. The molecule has 0 aromatic heterocycles. The standard InChI is InChI=1S/C11H15NO5/c1-2-3-16-10(15)12-6-8-7-4-11(5-7,17-8)9(13)14/h2,7-8H,1,3-6H2,(H,12,15)(H,13,14). The molecule has 0 aromatic carbocycles. The van der Waals surface area contributed by atoms with Gasteiger partial charge in [0.05, 0.1) is 6.10 Å². The Hall–Kier alpha value is -1.56. The van der Waals surface area contributed by atoms with Crippen molar-refractivity contribution in [3.05, 3.63) is 12.7 Å². The third-order valence-electron chi connectivity index (χ3n) is 3.26. The van der Waals surface area contributed by atoms with Gasteiger partial charge in [0.1, 0.15) is 6.61 Å². The number of rotatable bonds is 5. The fourth-order valence-electron chi connectivity index (χ4n) is 2.34. The van der Waals surface area contributed by atoms with Crippen molar-refractivity contribution in [3.63, 3.8) is 0 Å². The van der Waals surface area contributed by atoms with Gasteiger partial charge in [-0.15, -0.1) is 0 Å². The van der Waals surface area contributed by atoms with Gasteiger partial charge in [0.25, 0.3) is 0 Å². The van der Waals surface area contributed by atoms with Crippen molar-refractivity contribution in [2.45, 2.75) is 24.5 Å². The van der Waals surface area contributed by atoms with Crippen LogP contribution in [0.4, 0.5) is 4.79 Å². The maximum Gasteiger partial charge on any atom is 0.407 e. The molecule has 1 atom stereocenters. The quantitative estimate of drug-likeness (QED) is 0.686. The van der Waals surface area contributed by atoms with Gasteiger partial charge >= 0.3 is 12.1 Å². The van der Waals surface area contributed by atoms with Gasteiger partial charge in [0, 0.05) is 6.54 Å². The summed E-state index contributed by atoms with van der Waals surface area (Å²) in [4.78, 5) is 22.1. The summed E-state index contributed by atoms with van der Waals surface area (Å²) in [6.07, 6.45) is 1.79. The van der Waals surface area contributed by atoms with Crippen LogP contribution in [0, 0.1) is 5.92 Å². The Bertz CT molecular complexity index is 348. The minimum atomic E-state index is -0.998. The molecule has 6 nitrogen and oxygen atoms in total. The lowest BCUT2D eigenvalue weighted by molar-refractivity contribution is -0.163. The highest BCUT2D eigenvalue weighted by Crippen LogP contribution is 2.52. The topological polar surface area (TPSA) is 84.9 Å². The third-order valence-corrected chi connectivity index (χ3v) is 3.26. The van der Waals surface area contributed by atoms with E-state index in [9.17, 15) is 9.59 Å². The summed E-state index contributed by atoms with van der Waals surface area (Å²) < 4.78 is 10.2. The number of alkyl carbamates (subject to hydrolysis) is 1. The molecule has 17 heavy (non-hydrogen) atoms. The van der Waals surface area contributed by atoms with E-state index in [1.165, 1.54) is 6.08 Å². The van der Waals surface area contributed by atoms with Crippen molar-refractivity contribution in [2.24, 2.45) is 5.92 Å². The number of carbonyl (C=O) groups excluding carboxylic acids is 1. The molecular weight excluding hydrogens is 226 g/mol. The first-order chi connectivity index (χ1) is 8.07. The Labute approximate surface area is 98.6 Å². The highest BCUT2D eigenvalue weighted by Gasteiger charge is 2.62. The zero-order valence-electron chi connectivity index (χ0n) is 9.35. The van der Waals surface area contributed by atoms with Crippen LogP contribution in [0.5, 0.6) is 0 Å². The van der Waals surface area contributed by atoms with E-state index >= 15 is 0 Å². The molecule has 6 heteroatoms. The van der Waals surface area contributed by atoms with Gasteiger partial charge in [-0.3, -0.25) is 0 Å². The normalized spacial score (nSPS) is 33.6. The largest absolute Gasteiger partial charge is 0.479 e. The lowest BCUT2D eigenvalue weighted by Gasteiger charge is -2.30. The van der Waals surface area contributed by atoms with Gasteiger partial charge in [0.15, 0.2) is 5.60 Å². The molecule has 2 saturated heterocycles. The SMILES string of the molecule is C=CCOC(=O)NCC1OC2(C(=O)O)CC1C2. The average molecular weight is 241 g/mol. The average Bonchev–Trinajstić information content (AvgIpc) is 2.77. The van der Waals surface area contributed by atoms with Crippen molar-refractivity contribution in [1.82, 2.24) is 5.32 Å². The zero-order valence-corrected chi connectivity index (χ0v) is 9.35. The molecule has 1 unspecified atom stereocenters. The van der Waals surface area contributed by atoms with Crippen LogP contribution in [0.3, 0.4) is 0 Å². The predicted molar refractivity (Wildman–Crippen MR) is 57.5 cm³/mol. The van der Waals surface area contributed by atoms with E-state index in [-0.39, 0.29) is 25.2 Å². The number of carboxylic acids is 1. The van der Waals surface area contributed by atoms with Gasteiger partial charge in [-0.25, -0.2) is 9.59 Å². The first-order valence-electron chi connectivity index (χ1n) is 5.50. The first kappa shape index (κ1) is 11.9. The number of carboxylic acid groups (broad SMARTS) is 1. The second-order valence-electron chi connectivity index (χ2n) is 4.39. The summed E-state index contributed by atoms with van der Waals surface area (Å²) in [7, 11) is 0. The van der Waals surface area contributed by atoms with Crippen LogP contribution in [0.15, 0.2) is 12.7 Å². The van der Waals surface area contributed by atoms with E-state index in [4.69, 9.17) is 14.6 Å². The monoisotopic (exact) mass is 241 g/mol. The second-order valence-corrected chi connectivity index (χ2v) is 4.39. The number of carbonyl (C=O) groups is 2. The fraction of sp³-hybridized carbons (Fsp3) is 0.636. The Morgan fingerprint density at radius 2 is 2.29 bits per heavy atom. The van der Waals surface area contributed by atoms with E-state index < -0.39 is 17.7 Å². The van der Waals surface area contributed by atoms with Crippen molar-refractivity contribution < 1.29 is 24.2 Å². The van der Waals surface area contributed by atoms with E-state index in [1.807, 2.05) is 0 Å². The van der Waals surface area contributed by atoms with E-state index in [1.54, 1.807) is 0 Å². The van der Waals surface area contributed by atoms with Crippen LogP contribution >= 0.6 is 0 Å². The Kier molecular flexibility index (Phi) is 3.06. The fourth-order valence-corrected chi connectivity index (χ4v) is 2.34. The predicted octanol–water partition coefficient (Wildman–Crippen LogP) is 0.531. The molecule has 2 heterocycles. The lowest BCUT2D eigenvalue weighted by atomic mass is 9.72. The number of amides is 1. The summed E-state index contributed by atoms with van der Waals surface area (Å²) in [6, 6.07) is 0. The molecule has 2 aliphatic heterocycles. The van der Waals surface area contributed by atoms with Crippen LogP contribution in [0.2, 0.25) is 0 Å². The molecule has 2 bridgehead atoms. The van der Waals surface area contributed by atoms with Gasteiger partial charge in [0.2, 0.25) is 0 Å². The van der Waals surface area contributed by atoms with Crippen LogP contribution in [0.25, 0.3) is 0 Å². The van der Waals surface area contributed by atoms with E-state index in [0.29, 0.717) is 12.8 Å². The van der Waals surface area contributed by atoms with Crippen molar-refractivity contribution in [3.8, 4) is 0 Å². The van der Waals surface area contributed by atoms with Gasteiger partial charge in [-0.05, 0) is 18.8 Å². The highest BCUT2D eigenvalue weighted by molar-refractivity contribution is 5.79. The van der Waals surface area contributed by atoms with Crippen LogP contribution in [-0.2, 0) is 14.3 Å². The number of ether oxygens (including phenoxy) is 2. The van der Waals surface area contributed by atoms with Crippen LogP contribution < -0.4 is 5.32 Å². The number of hydrogen-bond acceptors (Lipinski definition) is 4. The lowest BCUT2D eigenvalue weighted by Crippen LogP contribution is -2.44. The van der Waals surface area contributed by atoms with Crippen LogP contribution in [-0.4, -0.2) is 42.0 Å². The molecule has 0 aromatic rings. The molecule has 3 fully saturated rings. The summed E-state index contributed by atoms with van der Waals surface area (Å²) >= 11 is 0. The molecule has 0 radical (unpaired) electrons. The number of fused-ring (bicyclic) bond motifs is 1. The van der Waals surface area contributed by atoms with Gasteiger partial charge in [-0.1, -0.05) is 12.7 Å². The van der Waals surface area contributed by atoms with E-state index in [2.05, 4.69) is 11.9 Å². The molecule has 1 amide bonds. The molecular formula is C11H15NO5. The summed E-state index contributed by atoms with van der Waals surface area (Å²) in [5.41, 5.74) is -0.998. The Balaban J connectivity index is 1.74. The smallest absolute Gasteiger partial charge is 0.407 e. The zero-order chi connectivity index (χ0) is 12.5. The van der Waals surface area contributed by atoms with Gasteiger partial charge < -0.3 is 19.9 Å². The molecule has 1 saturated carbocycles. The van der Waals surface area contributed by atoms with Crippen molar-refractivity contribution in [1.29, 1.82) is 0 Å².